The summed E-state index contributed by atoms with van der Waals surface area (Å²) in [6, 6.07) is 14.1. The minimum atomic E-state index is -1.52. The average molecular weight is 274 g/mol. The van der Waals surface area contributed by atoms with E-state index in [9.17, 15) is 0 Å². The lowest BCUT2D eigenvalue weighted by Crippen LogP contribution is -2.33. The first-order chi connectivity index (χ1) is 9.26. The van der Waals surface area contributed by atoms with Crippen LogP contribution in [-0.2, 0) is 10.8 Å². The van der Waals surface area contributed by atoms with E-state index >= 15 is 0 Å². The van der Waals surface area contributed by atoms with Crippen LogP contribution in [-0.4, -0.2) is 8.32 Å². The summed E-state index contributed by atoms with van der Waals surface area (Å²) in [5.74, 6) is 3.18. The Balaban J connectivity index is 2.28. The van der Waals surface area contributed by atoms with E-state index in [2.05, 4.69) is 63.1 Å². The van der Waals surface area contributed by atoms with Gasteiger partial charge in [0, 0.05) is 6.42 Å². The third kappa shape index (κ3) is 5.53. The van der Waals surface area contributed by atoms with Crippen molar-refractivity contribution in [2.45, 2.75) is 58.2 Å². The second-order valence-electron chi connectivity index (χ2n) is 4.96. The highest BCUT2D eigenvalue weighted by Gasteiger charge is 2.29. The first kappa shape index (κ1) is 15.9. The summed E-state index contributed by atoms with van der Waals surface area (Å²) in [5.41, 5.74) is 1.39. The fourth-order valence-corrected chi connectivity index (χ4v) is 4.41. The number of benzene rings is 1. The van der Waals surface area contributed by atoms with Crippen molar-refractivity contribution in [2.24, 2.45) is 0 Å². The molecule has 1 aromatic rings. The van der Waals surface area contributed by atoms with Crippen LogP contribution < -0.4 is 0 Å². The van der Waals surface area contributed by atoms with Crippen LogP contribution in [0.2, 0.25) is 18.1 Å². The van der Waals surface area contributed by atoms with Crippen LogP contribution >= 0.6 is 0 Å². The van der Waals surface area contributed by atoms with Gasteiger partial charge in [0.25, 0.3) is 8.32 Å². The average Bonchev–Trinajstić information content (AvgIpc) is 2.48. The summed E-state index contributed by atoms with van der Waals surface area (Å²) in [4.78, 5) is 0. The van der Waals surface area contributed by atoms with E-state index in [-0.39, 0.29) is 0 Å². The molecule has 0 aliphatic carbocycles. The summed E-state index contributed by atoms with van der Waals surface area (Å²) in [7, 11) is -1.52. The molecule has 0 N–H and O–H groups in total. The van der Waals surface area contributed by atoms with Gasteiger partial charge in [0.2, 0.25) is 0 Å². The summed E-state index contributed by atoms with van der Waals surface area (Å²) in [6.45, 7) is 6.70. The van der Waals surface area contributed by atoms with Crippen molar-refractivity contribution in [3.05, 3.63) is 35.9 Å². The molecule has 0 heterocycles. The van der Waals surface area contributed by atoms with Crippen LogP contribution in [0.5, 0.6) is 0 Å². The molecule has 1 aromatic carbocycles. The zero-order valence-corrected chi connectivity index (χ0v) is 13.5. The maximum Gasteiger partial charge on any atom is 0.264 e. The van der Waals surface area contributed by atoms with Crippen LogP contribution in [0.3, 0.4) is 0 Å². The van der Waals surface area contributed by atoms with Crippen molar-refractivity contribution < 1.29 is 4.43 Å². The molecule has 0 aliphatic heterocycles. The van der Waals surface area contributed by atoms with Gasteiger partial charge in [-0.05, 0) is 36.5 Å². The predicted molar refractivity (Wildman–Crippen MR) is 85.4 cm³/mol. The maximum atomic E-state index is 5.91. The van der Waals surface area contributed by atoms with E-state index in [1.807, 2.05) is 0 Å². The quantitative estimate of drug-likeness (QED) is 0.386. The van der Waals surface area contributed by atoms with Crippen LogP contribution in [0.4, 0.5) is 0 Å². The van der Waals surface area contributed by atoms with Gasteiger partial charge in [0.15, 0.2) is 0 Å². The minimum absolute atomic E-state index is 0.927. The molecule has 0 saturated carbocycles. The second-order valence-corrected chi connectivity index (χ2v) is 9.66. The topological polar surface area (TPSA) is 9.23 Å². The van der Waals surface area contributed by atoms with Gasteiger partial charge in [-0.25, -0.2) is 0 Å². The molecule has 1 nitrogen and oxygen atoms in total. The van der Waals surface area contributed by atoms with Crippen LogP contribution in [0, 0.1) is 12.0 Å². The largest absolute Gasteiger partial charge is 0.500 e. The molecule has 0 spiro atoms. The molecule has 2 heteroatoms. The van der Waals surface area contributed by atoms with Gasteiger partial charge >= 0.3 is 0 Å². The van der Waals surface area contributed by atoms with Gasteiger partial charge in [0.05, 0.1) is 6.11 Å². The van der Waals surface area contributed by atoms with Crippen LogP contribution in [0.1, 0.15) is 39.2 Å². The fraction of sp³-hybridized carbons (Fsp3) is 0.529. The van der Waals surface area contributed by atoms with E-state index in [4.69, 9.17) is 4.43 Å². The molecule has 0 radical (unpaired) electrons. The lowest BCUT2D eigenvalue weighted by Gasteiger charge is -2.24. The molecule has 0 amide bonds. The van der Waals surface area contributed by atoms with Crippen molar-refractivity contribution in [3.63, 3.8) is 0 Å². The molecule has 0 bridgehead atoms. The SMILES string of the molecule is CC[Si](CC)(CC)OC#CCCCc1ccccc1. The lowest BCUT2D eigenvalue weighted by atomic mass is 10.1. The standard InChI is InChI=1S/C17H26OSi/c1-4-19(5-2,6-3)18-16-12-8-11-15-17-13-9-7-10-14-17/h7,9-10,13-14H,4-6,8,11,15H2,1-3H3. The molecular formula is C17H26OSi. The monoisotopic (exact) mass is 274 g/mol. The third-order valence-electron chi connectivity index (χ3n) is 3.88. The minimum Gasteiger partial charge on any atom is -0.500 e. The normalized spacial score (nSPS) is 10.7. The van der Waals surface area contributed by atoms with Crippen molar-refractivity contribution in [2.75, 3.05) is 0 Å². The number of rotatable bonds is 7. The molecule has 0 aromatic heterocycles. The Labute approximate surface area is 119 Å². The van der Waals surface area contributed by atoms with E-state index in [0.717, 1.165) is 19.3 Å². The molecule has 19 heavy (non-hydrogen) atoms. The molecule has 1 rings (SSSR count). The molecule has 0 fully saturated rings. The van der Waals surface area contributed by atoms with Crippen LogP contribution in [0.15, 0.2) is 30.3 Å². The maximum absolute atomic E-state index is 5.91. The Bertz CT molecular complexity index is 390. The van der Waals surface area contributed by atoms with Gasteiger partial charge in [-0.1, -0.05) is 57.0 Å². The molecule has 0 aliphatic rings. The van der Waals surface area contributed by atoms with Gasteiger partial charge in [0.1, 0.15) is 0 Å². The third-order valence-corrected chi connectivity index (χ3v) is 8.28. The molecule has 0 atom stereocenters. The van der Waals surface area contributed by atoms with Crippen molar-refractivity contribution in [3.8, 4) is 12.0 Å². The highest BCUT2D eigenvalue weighted by Crippen LogP contribution is 2.20. The highest BCUT2D eigenvalue weighted by molar-refractivity contribution is 6.73. The Morgan fingerprint density at radius 3 is 2.21 bits per heavy atom. The Morgan fingerprint density at radius 2 is 1.63 bits per heavy atom. The van der Waals surface area contributed by atoms with Gasteiger partial charge < -0.3 is 4.43 Å². The number of unbranched alkanes of at least 4 members (excludes halogenated alkanes) is 1. The van der Waals surface area contributed by atoms with E-state index in [0.29, 0.717) is 0 Å². The Kier molecular flexibility index (Phi) is 7.36. The fourth-order valence-electron chi connectivity index (χ4n) is 2.19. The van der Waals surface area contributed by atoms with Gasteiger partial charge in [-0.3, -0.25) is 0 Å². The van der Waals surface area contributed by atoms with Crippen molar-refractivity contribution in [1.82, 2.24) is 0 Å². The molecule has 0 saturated heterocycles. The number of hydrogen-bond acceptors (Lipinski definition) is 1. The summed E-state index contributed by atoms with van der Waals surface area (Å²) < 4.78 is 5.91. The Morgan fingerprint density at radius 1 is 1.00 bits per heavy atom. The predicted octanol–water partition coefficient (Wildman–Crippen LogP) is 4.99. The van der Waals surface area contributed by atoms with E-state index in [1.165, 1.54) is 23.7 Å². The van der Waals surface area contributed by atoms with Crippen molar-refractivity contribution in [1.29, 1.82) is 0 Å². The number of hydrogen-bond donors (Lipinski definition) is 0. The van der Waals surface area contributed by atoms with Gasteiger partial charge in [-0.2, -0.15) is 0 Å². The first-order valence-electron chi connectivity index (χ1n) is 7.46. The van der Waals surface area contributed by atoms with Crippen LogP contribution in [0.25, 0.3) is 0 Å². The molecule has 0 unspecified atom stereocenters. The van der Waals surface area contributed by atoms with E-state index < -0.39 is 8.32 Å². The zero-order valence-electron chi connectivity index (χ0n) is 12.5. The number of aryl methyl sites for hydroxylation is 1. The Hall–Kier alpha value is -1.20. The first-order valence-corrected chi connectivity index (χ1v) is 9.99. The van der Waals surface area contributed by atoms with Gasteiger partial charge in [-0.15, -0.1) is 0 Å². The highest BCUT2D eigenvalue weighted by atomic mass is 28.4. The summed E-state index contributed by atoms with van der Waals surface area (Å²) in [5, 5.41) is 0. The summed E-state index contributed by atoms with van der Waals surface area (Å²) >= 11 is 0. The molecule has 104 valence electrons. The smallest absolute Gasteiger partial charge is 0.264 e. The lowest BCUT2D eigenvalue weighted by molar-refractivity contribution is 0.494. The van der Waals surface area contributed by atoms with Crippen molar-refractivity contribution >= 4 is 8.32 Å². The van der Waals surface area contributed by atoms with E-state index in [1.54, 1.807) is 0 Å². The zero-order chi connectivity index (χ0) is 14.0. The summed E-state index contributed by atoms with van der Waals surface area (Å²) in [6.07, 6.45) is 6.12. The molecular weight excluding hydrogens is 248 g/mol. The second kappa shape index (κ2) is 8.82.